The minimum atomic E-state index is -1.08. The van der Waals surface area contributed by atoms with Gasteiger partial charge in [-0.1, -0.05) is 12.8 Å². The molecule has 1 aromatic heterocycles. The van der Waals surface area contributed by atoms with Crippen LogP contribution in [0, 0.1) is 5.41 Å². The van der Waals surface area contributed by atoms with Crippen molar-refractivity contribution in [1.82, 2.24) is 10.2 Å². The summed E-state index contributed by atoms with van der Waals surface area (Å²) in [5.74, 6) is -0.450. The van der Waals surface area contributed by atoms with E-state index in [0.29, 0.717) is 12.4 Å². The SMILES string of the molecule is CN(CC1(CO)CCCC1)c1ccc(C(=O)O)nn1. The second-order valence-corrected chi connectivity index (χ2v) is 5.30. The Kier molecular flexibility index (Phi) is 3.99. The van der Waals surface area contributed by atoms with Gasteiger partial charge in [0.15, 0.2) is 11.5 Å². The molecule has 0 atom stereocenters. The summed E-state index contributed by atoms with van der Waals surface area (Å²) in [4.78, 5) is 12.6. The van der Waals surface area contributed by atoms with Gasteiger partial charge in [-0.05, 0) is 25.0 Å². The molecular weight excluding hydrogens is 246 g/mol. The maximum atomic E-state index is 10.7. The number of carbonyl (C=O) groups is 1. The number of aromatic nitrogens is 2. The maximum Gasteiger partial charge on any atom is 0.356 e. The van der Waals surface area contributed by atoms with Crippen molar-refractivity contribution >= 4 is 11.8 Å². The zero-order valence-electron chi connectivity index (χ0n) is 11.0. The van der Waals surface area contributed by atoms with Gasteiger partial charge >= 0.3 is 5.97 Å². The average Bonchev–Trinajstić information content (AvgIpc) is 2.88. The van der Waals surface area contributed by atoms with Gasteiger partial charge < -0.3 is 15.1 Å². The van der Waals surface area contributed by atoms with Gasteiger partial charge in [-0.15, -0.1) is 10.2 Å². The normalized spacial score (nSPS) is 17.4. The largest absolute Gasteiger partial charge is 0.476 e. The molecule has 2 rings (SSSR count). The topological polar surface area (TPSA) is 86.5 Å². The number of carboxylic acids is 1. The summed E-state index contributed by atoms with van der Waals surface area (Å²) < 4.78 is 0. The van der Waals surface area contributed by atoms with Crippen molar-refractivity contribution in [3.8, 4) is 0 Å². The second-order valence-electron chi connectivity index (χ2n) is 5.30. The molecule has 1 aliphatic carbocycles. The van der Waals surface area contributed by atoms with Crippen molar-refractivity contribution in [2.75, 3.05) is 25.1 Å². The van der Waals surface area contributed by atoms with Gasteiger partial charge in [0.25, 0.3) is 0 Å². The molecule has 6 heteroatoms. The van der Waals surface area contributed by atoms with E-state index in [4.69, 9.17) is 5.11 Å². The molecular formula is C13H19N3O3. The van der Waals surface area contributed by atoms with Crippen LogP contribution in [-0.4, -0.2) is 46.6 Å². The summed E-state index contributed by atoms with van der Waals surface area (Å²) in [6, 6.07) is 3.10. The Hall–Kier alpha value is -1.69. The summed E-state index contributed by atoms with van der Waals surface area (Å²) in [5.41, 5.74) is -0.114. The monoisotopic (exact) mass is 265 g/mol. The average molecular weight is 265 g/mol. The Morgan fingerprint density at radius 1 is 1.37 bits per heavy atom. The quantitative estimate of drug-likeness (QED) is 0.831. The second kappa shape index (κ2) is 5.52. The molecule has 6 nitrogen and oxygen atoms in total. The van der Waals surface area contributed by atoms with E-state index in [1.165, 1.54) is 6.07 Å². The van der Waals surface area contributed by atoms with E-state index in [1.54, 1.807) is 6.07 Å². The Balaban J connectivity index is 2.06. The lowest BCUT2D eigenvalue weighted by Crippen LogP contribution is -2.37. The number of aromatic carboxylic acids is 1. The highest BCUT2D eigenvalue weighted by molar-refractivity contribution is 5.85. The van der Waals surface area contributed by atoms with Crippen LogP contribution in [0.15, 0.2) is 12.1 Å². The standard InChI is InChI=1S/C13H19N3O3/c1-16(8-13(9-17)6-2-3-7-13)11-5-4-10(12(18)19)14-15-11/h4-5,17H,2-3,6-9H2,1H3,(H,18,19). The minimum absolute atomic E-state index is 0.0537. The van der Waals surface area contributed by atoms with Crippen LogP contribution < -0.4 is 4.90 Å². The first-order valence-corrected chi connectivity index (χ1v) is 6.45. The number of anilines is 1. The number of nitrogens with zero attached hydrogens (tertiary/aromatic N) is 3. The Morgan fingerprint density at radius 3 is 2.53 bits per heavy atom. The van der Waals surface area contributed by atoms with Crippen LogP contribution in [0.25, 0.3) is 0 Å². The van der Waals surface area contributed by atoms with E-state index in [1.807, 2.05) is 11.9 Å². The predicted molar refractivity (Wildman–Crippen MR) is 70.2 cm³/mol. The molecule has 0 aliphatic heterocycles. The van der Waals surface area contributed by atoms with Crippen molar-refractivity contribution in [2.45, 2.75) is 25.7 Å². The Morgan fingerprint density at radius 2 is 2.05 bits per heavy atom. The number of aliphatic hydroxyl groups is 1. The Labute approximate surface area is 112 Å². The maximum absolute atomic E-state index is 10.7. The van der Waals surface area contributed by atoms with Gasteiger partial charge in [-0.25, -0.2) is 4.79 Å². The third kappa shape index (κ3) is 3.01. The van der Waals surface area contributed by atoms with E-state index in [-0.39, 0.29) is 17.7 Å². The first kappa shape index (κ1) is 13.7. The van der Waals surface area contributed by atoms with Crippen LogP contribution in [0.5, 0.6) is 0 Å². The predicted octanol–water partition coefficient (Wildman–Crippen LogP) is 1.16. The number of aliphatic hydroxyl groups excluding tert-OH is 1. The third-order valence-corrected chi connectivity index (χ3v) is 3.83. The number of hydrogen-bond donors (Lipinski definition) is 2. The number of carboxylic acid groups (broad SMARTS) is 1. The van der Waals surface area contributed by atoms with Gasteiger partial charge in [0.1, 0.15) is 0 Å². The van der Waals surface area contributed by atoms with Gasteiger partial charge in [0.05, 0.1) is 6.61 Å². The highest BCUT2D eigenvalue weighted by Crippen LogP contribution is 2.38. The summed E-state index contributed by atoms with van der Waals surface area (Å²) in [6.45, 7) is 0.891. The highest BCUT2D eigenvalue weighted by Gasteiger charge is 2.34. The molecule has 0 bridgehead atoms. The van der Waals surface area contributed by atoms with Crippen LogP contribution >= 0.6 is 0 Å². The molecule has 0 amide bonds. The molecule has 1 fully saturated rings. The molecule has 0 spiro atoms. The Bertz CT molecular complexity index is 441. The summed E-state index contributed by atoms with van der Waals surface area (Å²) in [5, 5.41) is 26.0. The molecule has 2 N–H and O–H groups in total. The lowest BCUT2D eigenvalue weighted by molar-refractivity contribution is 0.0689. The van der Waals surface area contributed by atoms with E-state index in [9.17, 15) is 9.90 Å². The molecule has 1 aromatic rings. The molecule has 19 heavy (non-hydrogen) atoms. The van der Waals surface area contributed by atoms with E-state index < -0.39 is 5.97 Å². The molecule has 0 aromatic carbocycles. The van der Waals surface area contributed by atoms with Gasteiger partial charge in [0, 0.05) is 19.0 Å². The summed E-state index contributed by atoms with van der Waals surface area (Å²) in [7, 11) is 1.89. The van der Waals surface area contributed by atoms with Crippen LogP contribution in [-0.2, 0) is 0 Å². The smallest absolute Gasteiger partial charge is 0.356 e. The van der Waals surface area contributed by atoms with E-state index in [0.717, 1.165) is 25.7 Å². The zero-order chi connectivity index (χ0) is 13.9. The fourth-order valence-electron chi connectivity index (χ4n) is 2.72. The lowest BCUT2D eigenvalue weighted by Gasteiger charge is -2.32. The van der Waals surface area contributed by atoms with Crippen LogP contribution in [0.1, 0.15) is 36.2 Å². The summed E-state index contributed by atoms with van der Waals surface area (Å²) in [6.07, 6.45) is 4.35. The first-order chi connectivity index (χ1) is 9.06. The van der Waals surface area contributed by atoms with Crippen molar-refractivity contribution in [1.29, 1.82) is 0 Å². The first-order valence-electron chi connectivity index (χ1n) is 6.45. The fraction of sp³-hybridized carbons (Fsp3) is 0.615. The van der Waals surface area contributed by atoms with Crippen molar-refractivity contribution < 1.29 is 15.0 Å². The lowest BCUT2D eigenvalue weighted by atomic mass is 9.87. The molecule has 1 saturated carbocycles. The van der Waals surface area contributed by atoms with Crippen LogP contribution in [0.3, 0.4) is 0 Å². The van der Waals surface area contributed by atoms with Crippen molar-refractivity contribution in [3.63, 3.8) is 0 Å². The fourth-order valence-corrected chi connectivity index (χ4v) is 2.72. The van der Waals surface area contributed by atoms with Crippen molar-refractivity contribution in [3.05, 3.63) is 17.8 Å². The van der Waals surface area contributed by atoms with E-state index >= 15 is 0 Å². The number of hydrogen-bond acceptors (Lipinski definition) is 5. The summed E-state index contributed by atoms with van der Waals surface area (Å²) >= 11 is 0. The minimum Gasteiger partial charge on any atom is -0.476 e. The number of rotatable bonds is 5. The molecule has 1 aliphatic rings. The van der Waals surface area contributed by atoms with Crippen LogP contribution in [0.4, 0.5) is 5.82 Å². The third-order valence-electron chi connectivity index (χ3n) is 3.83. The van der Waals surface area contributed by atoms with Crippen LogP contribution in [0.2, 0.25) is 0 Å². The van der Waals surface area contributed by atoms with Gasteiger partial charge in [0.2, 0.25) is 0 Å². The van der Waals surface area contributed by atoms with Crippen molar-refractivity contribution in [2.24, 2.45) is 5.41 Å². The molecule has 0 unspecified atom stereocenters. The molecule has 0 radical (unpaired) electrons. The van der Waals surface area contributed by atoms with Gasteiger partial charge in [-0.2, -0.15) is 0 Å². The molecule has 1 heterocycles. The molecule has 0 saturated heterocycles. The zero-order valence-corrected chi connectivity index (χ0v) is 11.0. The highest BCUT2D eigenvalue weighted by atomic mass is 16.4. The van der Waals surface area contributed by atoms with E-state index in [2.05, 4.69) is 10.2 Å². The molecule has 104 valence electrons. The van der Waals surface area contributed by atoms with Gasteiger partial charge in [-0.3, -0.25) is 0 Å².